The number of rotatable bonds is 4. The van der Waals surface area contributed by atoms with E-state index in [1.165, 1.54) is 14.2 Å². The predicted molar refractivity (Wildman–Crippen MR) is 88.4 cm³/mol. The average molecular weight is 328 g/mol. The Kier molecular flexibility index (Phi) is 5.51. The van der Waals surface area contributed by atoms with Crippen molar-refractivity contribution >= 4 is 29.3 Å². The summed E-state index contributed by atoms with van der Waals surface area (Å²) in [5.74, 6) is -0.177. The Bertz CT molecular complexity index is 675. The molecule has 24 heavy (non-hydrogen) atoms. The van der Waals surface area contributed by atoms with Gasteiger partial charge in [0.2, 0.25) is 0 Å². The molecule has 0 atom stereocenters. The lowest BCUT2D eigenvalue weighted by Crippen LogP contribution is -2.11. The molecule has 2 amide bonds. The molecular formula is C17H16N2O5. The van der Waals surface area contributed by atoms with Crippen LogP contribution < -0.4 is 10.6 Å². The first-order valence-electron chi connectivity index (χ1n) is 6.98. The van der Waals surface area contributed by atoms with Crippen LogP contribution in [0.2, 0.25) is 0 Å². The molecule has 7 heteroatoms. The lowest BCUT2D eigenvalue weighted by molar-refractivity contribution is 0.103. The maximum Gasteiger partial charge on any atom is 0.411 e. The van der Waals surface area contributed by atoms with Crippen LogP contribution in [0.4, 0.5) is 21.0 Å². The minimum absolute atomic E-state index is 0.177. The van der Waals surface area contributed by atoms with Crippen LogP contribution in [-0.4, -0.2) is 32.2 Å². The van der Waals surface area contributed by atoms with E-state index in [9.17, 15) is 14.4 Å². The predicted octanol–water partition coefficient (Wildman–Crippen LogP) is 3.27. The van der Waals surface area contributed by atoms with Gasteiger partial charge in [0.05, 0.1) is 14.2 Å². The van der Waals surface area contributed by atoms with E-state index in [-0.39, 0.29) is 5.78 Å². The van der Waals surface area contributed by atoms with Gasteiger partial charge in [-0.05, 0) is 48.5 Å². The second-order valence-corrected chi connectivity index (χ2v) is 4.72. The number of nitrogens with one attached hydrogen (secondary N) is 2. The van der Waals surface area contributed by atoms with Gasteiger partial charge in [0, 0.05) is 22.5 Å². The van der Waals surface area contributed by atoms with E-state index in [0.717, 1.165) is 0 Å². The van der Waals surface area contributed by atoms with Crippen molar-refractivity contribution in [3.63, 3.8) is 0 Å². The summed E-state index contributed by atoms with van der Waals surface area (Å²) in [4.78, 5) is 34.6. The molecule has 0 aliphatic carbocycles. The quantitative estimate of drug-likeness (QED) is 0.840. The second kappa shape index (κ2) is 7.77. The van der Waals surface area contributed by atoms with E-state index in [1.54, 1.807) is 48.5 Å². The lowest BCUT2D eigenvalue weighted by atomic mass is 10.0. The van der Waals surface area contributed by atoms with Crippen LogP contribution in [0.25, 0.3) is 0 Å². The van der Waals surface area contributed by atoms with E-state index in [0.29, 0.717) is 22.5 Å². The third kappa shape index (κ3) is 4.33. The molecule has 0 unspecified atom stereocenters. The Balaban J connectivity index is 2.08. The maximum absolute atomic E-state index is 12.4. The number of anilines is 2. The molecule has 0 saturated heterocycles. The van der Waals surface area contributed by atoms with Gasteiger partial charge < -0.3 is 9.47 Å². The largest absolute Gasteiger partial charge is 0.453 e. The number of ether oxygens (including phenoxy) is 2. The molecule has 0 aliphatic rings. The van der Waals surface area contributed by atoms with E-state index in [2.05, 4.69) is 20.1 Å². The number of methoxy groups -OCH3 is 2. The van der Waals surface area contributed by atoms with E-state index in [4.69, 9.17) is 0 Å². The Hall–Kier alpha value is -3.35. The van der Waals surface area contributed by atoms with Crippen molar-refractivity contribution in [1.29, 1.82) is 0 Å². The van der Waals surface area contributed by atoms with E-state index >= 15 is 0 Å². The van der Waals surface area contributed by atoms with Crippen LogP contribution >= 0.6 is 0 Å². The van der Waals surface area contributed by atoms with Gasteiger partial charge in [-0.1, -0.05) is 0 Å². The average Bonchev–Trinajstić information content (AvgIpc) is 2.62. The van der Waals surface area contributed by atoms with Crippen LogP contribution in [0, 0.1) is 0 Å². The molecule has 0 aromatic heterocycles. The zero-order valence-corrected chi connectivity index (χ0v) is 13.2. The van der Waals surface area contributed by atoms with Crippen LogP contribution in [0.15, 0.2) is 48.5 Å². The summed E-state index contributed by atoms with van der Waals surface area (Å²) in [6.45, 7) is 0. The molecule has 0 saturated carbocycles. The van der Waals surface area contributed by atoms with Gasteiger partial charge >= 0.3 is 12.2 Å². The number of hydrogen-bond acceptors (Lipinski definition) is 5. The molecule has 2 aromatic rings. The van der Waals surface area contributed by atoms with Crippen molar-refractivity contribution in [1.82, 2.24) is 0 Å². The van der Waals surface area contributed by atoms with Crippen molar-refractivity contribution in [2.75, 3.05) is 24.9 Å². The highest BCUT2D eigenvalue weighted by atomic mass is 16.5. The molecule has 0 spiro atoms. The summed E-state index contributed by atoms with van der Waals surface area (Å²) in [7, 11) is 2.54. The van der Waals surface area contributed by atoms with Gasteiger partial charge in [0.15, 0.2) is 5.78 Å². The molecule has 124 valence electrons. The fourth-order valence-corrected chi connectivity index (χ4v) is 1.91. The highest BCUT2D eigenvalue weighted by molar-refractivity contribution is 6.09. The van der Waals surface area contributed by atoms with Crippen molar-refractivity contribution in [2.24, 2.45) is 0 Å². The molecule has 2 rings (SSSR count). The first-order valence-corrected chi connectivity index (χ1v) is 6.98. The molecule has 2 N–H and O–H groups in total. The number of ketones is 1. The smallest absolute Gasteiger partial charge is 0.411 e. The maximum atomic E-state index is 12.4. The Morgan fingerprint density at radius 1 is 0.667 bits per heavy atom. The minimum Gasteiger partial charge on any atom is -0.453 e. The SMILES string of the molecule is COC(=O)Nc1ccc(C(=O)c2ccc(NC(=O)OC)cc2)cc1. The minimum atomic E-state index is -0.581. The van der Waals surface area contributed by atoms with E-state index in [1.807, 2.05) is 0 Å². The fraction of sp³-hybridized carbons (Fsp3) is 0.118. The Morgan fingerprint density at radius 3 is 1.29 bits per heavy atom. The zero-order chi connectivity index (χ0) is 17.5. The highest BCUT2D eigenvalue weighted by Crippen LogP contribution is 2.16. The summed E-state index contributed by atoms with van der Waals surface area (Å²) >= 11 is 0. The monoisotopic (exact) mass is 328 g/mol. The van der Waals surface area contributed by atoms with Crippen molar-refractivity contribution < 1.29 is 23.9 Å². The van der Waals surface area contributed by atoms with Gasteiger partial charge in [0.25, 0.3) is 0 Å². The van der Waals surface area contributed by atoms with Gasteiger partial charge in [-0.25, -0.2) is 9.59 Å². The van der Waals surface area contributed by atoms with Gasteiger partial charge in [0.1, 0.15) is 0 Å². The topological polar surface area (TPSA) is 93.7 Å². The summed E-state index contributed by atoms with van der Waals surface area (Å²) in [6, 6.07) is 12.9. The molecule has 0 heterocycles. The molecular weight excluding hydrogens is 312 g/mol. The Morgan fingerprint density at radius 2 is 1.00 bits per heavy atom. The van der Waals surface area contributed by atoms with E-state index < -0.39 is 12.2 Å². The summed E-state index contributed by atoms with van der Waals surface area (Å²) in [6.07, 6.45) is -1.16. The molecule has 0 bridgehead atoms. The van der Waals surface area contributed by atoms with Gasteiger partial charge in [-0.15, -0.1) is 0 Å². The highest BCUT2D eigenvalue weighted by Gasteiger charge is 2.10. The number of hydrogen-bond donors (Lipinski definition) is 2. The summed E-state index contributed by atoms with van der Waals surface area (Å²) < 4.78 is 8.98. The molecule has 7 nitrogen and oxygen atoms in total. The van der Waals surface area contributed by atoms with Crippen molar-refractivity contribution in [3.05, 3.63) is 59.7 Å². The molecule has 2 aromatic carbocycles. The molecule has 0 aliphatic heterocycles. The number of carbonyl (C=O) groups is 3. The first-order chi connectivity index (χ1) is 11.5. The number of benzene rings is 2. The van der Waals surface area contributed by atoms with Crippen molar-refractivity contribution in [2.45, 2.75) is 0 Å². The number of amides is 2. The van der Waals surface area contributed by atoms with Crippen LogP contribution in [0.1, 0.15) is 15.9 Å². The zero-order valence-electron chi connectivity index (χ0n) is 13.2. The molecule has 0 fully saturated rings. The first kappa shape index (κ1) is 17.0. The molecule has 0 radical (unpaired) electrons. The third-order valence-corrected chi connectivity index (χ3v) is 3.16. The van der Waals surface area contributed by atoms with Crippen LogP contribution in [0.3, 0.4) is 0 Å². The van der Waals surface area contributed by atoms with Gasteiger partial charge in [-0.3, -0.25) is 15.4 Å². The second-order valence-electron chi connectivity index (χ2n) is 4.72. The lowest BCUT2D eigenvalue weighted by Gasteiger charge is -2.06. The third-order valence-electron chi connectivity index (χ3n) is 3.16. The van der Waals surface area contributed by atoms with Crippen LogP contribution in [-0.2, 0) is 9.47 Å². The summed E-state index contributed by atoms with van der Waals surface area (Å²) in [5, 5.41) is 5.01. The number of carbonyl (C=O) groups excluding carboxylic acids is 3. The normalized spacial score (nSPS) is 9.75. The standard InChI is InChI=1S/C17H16N2O5/c1-23-16(21)18-13-7-3-11(4-8-13)15(20)12-5-9-14(10-6-12)19-17(22)24-2/h3-10H,1-2H3,(H,18,21)(H,19,22). The fourth-order valence-electron chi connectivity index (χ4n) is 1.91. The van der Waals surface area contributed by atoms with Crippen molar-refractivity contribution in [3.8, 4) is 0 Å². The van der Waals surface area contributed by atoms with Gasteiger partial charge in [-0.2, -0.15) is 0 Å². The van der Waals surface area contributed by atoms with Crippen LogP contribution in [0.5, 0.6) is 0 Å². The summed E-state index contributed by atoms with van der Waals surface area (Å²) in [5.41, 5.74) is 1.99. The Labute approximate surface area is 138 Å².